The SMILES string of the molecule is N#CC1(N)CCCCC1C(=O)N(c1ccc(S(F)(F)(F)(F)F)cc1)C(C(=O)NC1CCC(F)(F)CC1)c1cncc(F)c1. The highest BCUT2D eigenvalue weighted by Crippen LogP contribution is 3.02. The normalized spacial score (nSPS) is 25.0. The van der Waals surface area contributed by atoms with Crippen LogP contribution in [0.4, 0.5) is 38.3 Å². The number of rotatable bonds is 7. The van der Waals surface area contributed by atoms with Gasteiger partial charge >= 0.3 is 10.2 Å². The minimum Gasteiger partial charge on any atom is -0.351 e. The second-order valence-electron chi connectivity index (χ2n) is 11.1. The number of aromatic nitrogens is 1. The summed E-state index contributed by atoms with van der Waals surface area (Å²) < 4.78 is 109. The highest BCUT2D eigenvalue weighted by molar-refractivity contribution is 8.45. The maximum atomic E-state index is 14.4. The van der Waals surface area contributed by atoms with Crippen molar-refractivity contribution in [2.45, 2.75) is 79.8 Å². The van der Waals surface area contributed by atoms with E-state index in [9.17, 15) is 47.5 Å². The molecule has 3 unspecified atom stereocenters. The van der Waals surface area contributed by atoms with Gasteiger partial charge in [0.25, 0.3) is 0 Å². The van der Waals surface area contributed by atoms with Crippen molar-refractivity contribution in [1.29, 1.82) is 5.26 Å². The molecule has 0 spiro atoms. The Balaban J connectivity index is 1.85. The highest BCUT2D eigenvalue weighted by Gasteiger charge is 2.65. The smallest absolute Gasteiger partial charge is 0.310 e. The number of hydrogen-bond acceptors (Lipinski definition) is 5. The number of carbonyl (C=O) groups is 2. The summed E-state index contributed by atoms with van der Waals surface area (Å²) >= 11 is 0. The van der Waals surface area contributed by atoms with Gasteiger partial charge in [-0.25, -0.2) is 13.2 Å². The fraction of sp³-hybridized carbons (Fsp3) is 0.481. The Morgan fingerprint density at radius 3 is 2.21 bits per heavy atom. The molecule has 1 aromatic heterocycles. The summed E-state index contributed by atoms with van der Waals surface area (Å²) in [6.45, 7) is 0. The van der Waals surface area contributed by atoms with Crippen molar-refractivity contribution in [2.75, 3.05) is 4.90 Å². The molecule has 2 aliphatic carbocycles. The van der Waals surface area contributed by atoms with Crippen LogP contribution in [0.5, 0.6) is 0 Å². The van der Waals surface area contributed by atoms with Gasteiger partial charge in [0.05, 0.1) is 18.2 Å². The first-order valence-electron chi connectivity index (χ1n) is 13.4. The number of halogens is 8. The topological polar surface area (TPSA) is 112 Å². The number of amides is 2. The second-order valence-corrected chi connectivity index (χ2v) is 13.5. The zero-order valence-electron chi connectivity index (χ0n) is 22.6. The molecule has 3 N–H and O–H groups in total. The zero-order chi connectivity index (χ0) is 31.9. The van der Waals surface area contributed by atoms with E-state index in [2.05, 4.69) is 10.3 Å². The molecule has 0 saturated heterocycles. The van der Waals surface area contributed by atoms with Crippen molar-refractivity contribution in [2.24, 2.45) is 11.7 Å². The van der Waals surface area contributed by atoms with Gasteiger partial charge in [0, 0.05) is 36.3 Å². The first kappa shape index (κ1) is 32.5. The van der Waals surface area contributed by atoms with Crippen LogP contribution in [-0.2, 0) is 9.59 Å². The van der Waals surface area contributed by atoms with E-state index in [0.717, 1.165) is 18.5 Å². The molecule has 0 aliphatic heterocycles. The van der Waals surface area contributed by atoms with Crippen LogP contribution in [0.1, 0.15) is 63.0 Å². The highest BCUT2D eigenvalue weighted by atomic mass is 32.5. The van der Waals surface area contributed by atoms with E-state index < -0.39 is 80.7 Å². The van der Waals surface area contributed by atoms with E-state index in [-0.39, 0.29) is 43.4 Å². The number of pyridine rings is 1. The maximum Gasteiger partial charge on any atom is 0.310 e. The molecule has 43 heavy (non-hydrogen) atoms. The lowest BCUT2D eigenvalue weighted by atomic mass is 9.73. The number of alkyl halides is 2. The van der Waals surface area contributed by atoms with Crippen LogP contribution >= 0.6 is 10.2 Å². The number of carbonyl (C=O) groups excluding carboxylic acids is 2. The Morgan fingerprint density at radius 1 is 1.02 bits per heavy atom. The van der Waals surface area contributed by atoms with Crippen molar-refractivity contribution in [3.8, 4) is 6.07 Å². The molecule has 2 saturated carbocycles. The number of nitrogens with one attached hydrogen (secondary N) is 1. The first-order valence-corrected chi connectivity index (χ1v) is 15.3. The van der Waals surface area contributed by atoms with Crippen molar-refractivity contribution < 1.29 is 42.2 Å². The lowest BCUT2D eigenvalue weighted by Crippen LogP contribution is -2.57. The van der Waals surface area contributed by atoms with Crippen molar-refractivity contribution in [1.82, 2.24) is 10.3 Å². The summed E-state index contributed by atoms with van der Waals surface area (Å²) in [4.78, 5) is 30.1. The Morgan fingerprint density at radius 2 is 1.65 bits per heavy atom. The molecule has 0 radical (unpaired) electrons. The van der Waals surface area contributed by atoms with Crippen LogP contribution < -0.4 is 16.0 Å². The number of nitrogens with zero attached hydrogens (tertiary/aromatic N) is 3. The molecule has 2 fully saturated rings. The molecule has 4 rings (SSSR count). The molecule has 16 heteroatoms. The summed E-state index contributed by atoms with van der Waals surface area (Å²) in [7, 11) is -10.1. The quantitative estimate of drug-likeness (QED) is 0.315. The van der Waals surface area contributed by atoms with E-state index in [1.54, 1.807) is 0 Å². The fourth-order valence-corrected chi connectivity index (χ4v) is 6.22. The number of nitriles is 1. The van der Waals surface area contributed by atoms with Gasteiger partial charge in [-0.15, -0.1) is 0 Å². The van der Waals surface area contributed by atoms with Crippen LogP contribution in [0, 0.1) is 23.1 Å². The molecule has 2 aromatic rings. The largest absolute Gasteiger partial charge is 0.351 e. The second kappa shape index (κ2) is 10.6. The number of nitrogens with two attached hydrogens (primary N) is 1. The number of benzene rings is 1. The summed E-state index contributed by atoms with van der Waals surface area (Å²) in [6.07, 6.45) is 1.50. The van der Waals surface area contributed by atoms with Crippen molar-refractivity contribution >= 4 is 27.7 Å². The predicted molar refractivity (Wildman–Crippen MR) is 142 cm³/mol. The van der Waals surface area contributed by atoms with E-state index in [1.165, 1.54) is 0 Å². The van der Waals surface area contributed by atoms with Crippen molar-refractivity contribution in [3.05, 3.63) is 54.1 Å². The Hall–Kier alpha value is -3.45. The Labute approximate surface area is 242 Å². The number of anilines is 1. The maximum absolute atomic E-state index is 14.4. The van der Waals surface area contributed by atoms with Gasteiger partial charge in [0.1, 0.15) is 22.3 Å². The molecule has 3 atom stereocenters. The third-order valence-electron chi connectivity index (χ3n) is 7.87. The molecule has 2 amide bonds. The summed E-state index contributed by atoms with van der Waals surface area (Å²) in [5, 5.41) is 12.4. The summed E-state index contributed by atoms with van der Waals surface area (Å²) in [6, 6.07) is 1.33. The zero-order valence-corrected chi connectivity index (χ0v) is 23.4. The van der Waals surface area contributed by atoms with E-state index in [4.69, 9.17) is 5.73 Å². The third-order valence-corrected chi connectivity index (χ3v) is 9.03. The third kappa shape index (κ3) is 7.38. The van der Waals surface area contributed by atoms with Gasteiger partial charge in [0.15, 0.2) is 0 Å². The average molecular weight is 640 g/mol. The van der Waals surface area contributed by atoms with Gasteiger partial charge in [-0.1, -0.05) is 32.3 Å². The van der Waals surface area contributed by atoms with E-state index in [1.807, 2.05) is 6.07 Å². The lowest BCUT2D eigenvalue weighted by molar-refractivity contribution is -0.130. The van der Waals surface area contributed by atoms with Crippen LogP contribution in [-0.4, -0.2) is 34.3 Å². The van der Waals surface area contributed by atoms with Crippen LogP contribution in [0.2, 0.25) is 0 Å². The van der Waals surface area contributed by atoms with Gasteiger partial charge in [0.2, 0.25) is 17.7 Å². The summed E-state index contributed by atoms with van der Waals surface area (Å²) in [5.74, 6) is -7.18. The Bertz CT molecular complexity index is 1430. The van der Waals surface area contributed by atoms with Gasteiger partial charge in [-0.05, 0) is 56.0 Å². The average Bonchev–Trinajstić information content (AvgIpc) is 2.91. The van der Waals surface area contributed by atoms with Crippen LogP contribution in [0.3, 0.4) is 0 Å². The molecule has 0 bridgehead atoms. The Kier molecular flexibility index (Phi) is 8.02. The van der Waals surface area contributed by atoms with Crippen LogP contribution in [0.15, 0.2) is 47.6 Å². The molecule has 2 aliphatic rings. The molecular formula is C27H29F8N5O2S. The predicted octanol–water partition coefficient (Wildman–Crippen LogP) is 7.06. The molecule has 236 valence electrons. The monoisotopic (exact) mass is 639 g/mol. The van der Waals surface area contributed by atoms with Gasteiger partial charge < -0.3 is 11.1 Å². The van der Waals surface area contributed by atoms with Crippen molar-refractivity contribution in [3.63, 3.8) is 0 Å². The lowest BCUT2D eigenvalue weighted by Gasteiger charge is -2.42. The molecule has 7 nitrogen and oxygen atoms in total. The molecular weight excluding hydrogens is 610 g/mol. The summed E-state index contributed by atoms with van der Waals surface area (Å²) in [5.41, 5.74) is 3.80. The minimum absolute atomic E-state index is 0.0520. The van der Waals surface area contributed by atoms with Gasteiger partial charge in [-0.3, -0.25) is 19.5 Å². The standard InChI is InChI=1S/C27H29F8N5O2S/c28-18-13-17(14-38-15-18)23(24(41)39-19-8-11-27(29,30)12-9-19)40(25(42)22-3-1-2-10-26(22,37)16-36)20-4-6-21(7-5-20)43(31,32,33,34)35/h4-7,13-15,19,22-23H,1-3,8-12,37H2,(H,39,41). The van der Waals surface area contributed by atoms with Crippen LogP contribution in [0.25, 0.3) is 0 Å². The first-order chi connectivity index (χ1) is 19.7. The molecule has 1 aromatic carbocycles. The molecule has 1 heterocycles. The fourth-order valence-electron chi connectivity index (χ4n) is 5.57. The van der Waals surface area contributed by atoms with Gasteiger partial charge in [-0.2, -0.15) is 5.26 Å². The van der Waals surface area contributed by atoms with E-state index >= 15 is 0 Å². The minimum atomic E-state index is -10.1. The van der Waals surface area contributed by atoms with E-state index in [0.29, 0.717) is 29.9 Å². The number of hydrogen-bond donors (Lipinski definition) is 2.